The standard InChI is InChI=1S/C15H12ClFN2O4/c16-12-7-10(3-6-13(12)19(22)23)15(21)18-8-14(20)9-1-4-11(17)5-2-9/h1-7,14,20H,8H2,(H,18,21)/t14-/m1/s1. The van der Waals surface area contributed by atoms with Crippen molar-refractivity contribution >= 4 is 23.2 Å². The molecule has 0 aliphatic rings. The Hall–Kier alpha value is -2.51. The lowest BCUT2D eigenvalue weighted by Crippen LogP contribution is -2.28. The summed E-state index contributed by atoms with van der Waals surface area (Å²) in [5, 5.41) is 22.9. The quantitative estimate of drug-likeness (QED) is 0.647. The number of halogens is 2. The number of carbonyl (C=O) groups excluding carboxylic acids is 1. The molecule has 2 aromatic carbocycles. The van der Waals surface area contributed by atoms with Crippen LogP contribution in [0.4, 0.5) is 10.1 Å². The molecule has 1 amide bonds. The zero-order valence-electron chi connectivity index (χ0n) is 11.7. The van der Waals surface area contributed by atoms with Gasteiger partial charge in [-0.05, 0) is 29.8 Å². The highest BCUT2D eigenvalue weighted by molar-refractivity contribution is 6.33. The maximum absolute atomic E-state index is 12.8. The molecule has 0 heterocycles. The second kappa shape index (κ2) is 7.17. The van der Waals surface area contributed by atoms with Crippen LogP contribution in [0.5, 0.6) is 0 Å². The van der Waals surface area contributed by atoms with Crippen LogP contribution in [0.25, 0.3) is 0 Å². The summed E-state index contributed by atoms with van der Waals surface area (Å²) in [5.74, 6) is -0.964. The topological polar surface area (TPSA) is 92.5 Å². The summed E-state index contributed by atoms with van der Waals surface area (Å²) in [6.45, 7) is -0.0981. The van der Waals surface area contributed by atoms with Crippen molar-refractivity contribution in [2.24, 2.45) is 0 Å². The van der Waals surface area contributed by atoms with Crippen LogP contribution in [0, 0.1) is 15.9 Å². The minimum atomic E-state index is -1.01. The average molecular weight is 339 g/mol. The molecule has 0 aromatic heterocycles. The average Bonchev–Trinajstić information content (AvgIpc) is 2.52. The first-order valence-corrected chi connectivity index (χ1v) is 6.92. The lowest BCUT2D eigenvalue weighted by atomic mass is 10.1. The summed E-state index contributed by atoms with van der Waals surface area (Å²) in [6, 6.07) is 8.81. The number of hydrogen-bond acceptors (Lipinski definition) is 4. The first-order chi connectivity index (χ1) is 10.9. The molecule has 2 rings (SSSR count). The van der Waals surface area contributed by atoms with Crippen LogP contribution in [-0.2, 0) is 0 Å². The Balaban J connectivity index is 2.00. The van der Waals surface area contributed by atoms with E-state index in [1.54, 1.807) is 0 Å². The fourth-order valence-electron chi connectivity index (χ4n) is 1.89. The molecule has 23 heavy (non-hydrogen) atoms. The van der Waals surface area contributed by atoms with Gasteiger partial charge in [0.1, 0.15) is 10.8 Å². The van der Waals surface area contributed by atoms with E-state index in [1.807, 2.05) is 0 Å². The molecule has 0 radical (unpaired) electrons. The maximum atomic E-state index is 12.8. The zero-order valence-corrected chi connectivity index (χ0v) is 12.5. The van der Waals surface area contributed by atoms with E-state index in [9.17, 15) is 24.4 Å². The van der Waals surface area contributed by atoms with Gasteiger partial charge in [0.2, 0.25) is 0 Å². The highest BCUT2D eigenvalue weighted by Gasteiger charge is 2.16. The van der Waals surface area contributed by atoms with E-state index in [0.717, 1.165) is 6.07 Å². The van der Waals surface area contributed by atoms with E-state index in [2.05, 4.69) is 5.32 Å². The van der Waals surface area contributed by atoms with E-state index in [-0.39, 0.29) is 22.8 Å². The Bertz CT molecular complexity index is 737. The van der Waals surface area contributed by atoms with Gasteiger partial charge in [0.25, 0.3) is 11.6 Å². The van der Waals surface area contributed by atoms with Crippen molar-refractivity contribution in [1.29, 1.82) is 0 Å². The van der Waals surface area contributed by atoms with Crippen LogP contribution in [0.3, 0.4) is 0 Å². The van der Waals surface area contributed by atoms with E-state index in [0.29, 0.717) is 5.56 Å². The molecule has 0 spiro atoms. The van der Waals surface area contributed by atoms with Gasteiger partial charge in [-0.25, -0.2) is 4.39 Å². The van der Waals surface area contributed by atoms with Crippen LogP contribution in [0.2, 0.25) is 5.02 Å². The summed E-state index contributed by atoms with van der Waals surface area (Å²) in [6.07, 6.45) is -1.01. The number of nitrogens with zero attached hydrogens (tertiary/aromatic N) is 1. The predicted octanol–water partition coefficient (Wildman–Crippen LogP) is 2.85. The van der Waals surface area contributed by atoms with Crippen LogP contribution in [0.1, 0.15) is 22.0 Å². The number of hydrogen-bond donors (Lipinski definition) is 2. The molecule has 0 aliphatic heterocycles. The molecule has 0 saturated heterocycles. The minimum Gasteiger partial charge on any atom is -0.387 e. The van der Waals surface area contributed by atoms with Crippen molar-refractivity contribution in [3.63, 3.8) is 0 Å². The third-order valence-corrected chi connectivity index (χ3v) is 3.42. The normalized spacial score (nSPS) is 11.8. The Morgan fingerprint density at radius 3 is 2.52 bits per heavy atom. The monoisotopic (exact) mass is 338 g/mol. The fraction of sp³-hybridized carbons (Fsp3) is 0.133. The molecule has 2 aromatic rings. The molecule has 0 fully saturated rings. The molecular formula is C15H12ClFN2O4. The van der Waals surface area contributed by atoms with Crippen molar-refractivity contribution in [1.82, 2.24) is 5.32 Å². The molecule has 0 bridgehead atoms. The largest absolute Gasteiger partial charge is 0.387 e. The van der Waals surface area contributed by atoms with Crippen LogP contribution >= 0.6 is 11.6 Å². The van der Waals surface area contributed by atoms with Gasteiger partial charge in [0, 0.05) is 18.2 Å². The molecule has 0 aliphatic carbocycles. The second-order valence-corrected chi connectivity index (χ2v) is 5.11. The van der Waals surface area contributed by atoms with Gasteiger partial charge in [0.05, 0.1) is 11.0 Å². The second-order valence-electron chi connectivity index (χ2n) is 4.70. The third kappa shape index (κ3) is 4.24. The van der Waals surface area contributed by atoms with Crippen LogP contribution in [0.15, 0.2) is 42.5 Å². The number of nitro benzene ring substituents is 1. The third-order valence-electron chi connectivity index (χ3n) is 3.12. The molecule has 8 heteroatoms. The SMILES string of the molecule is O=C(NC[C@@H](O)c1ccc(F)cc1)c1ccc([N+](=O)[O-])c(Cl)c1. The van der Waals surface area contributed by atoms with E-state index < -0.39 is 22.8 Å². The Morgan fingerprint density at radius 1 is 1.30 bits per heavy atom. The number of benzene rings is 2. The van der Waals surface area contributed by atoms with E-state index >= 15 is 0 Å². The Morgan fingerprint density at radius 2 is 1.96 bits per heavy atom. The summed E-state index contributed by atoms with van der Waals surface area (Å²) in [7, 11) is 0. The first-order valence-electron chi connectivity index (χ1n) is 6.54. The Kier molecular flexibility index (Phi) is 5.25. The molecule has 1 atom stereocenters. The molecule has 0 unspecified atom stereocenters. The van der Waals surface area contributed by atoms with Crippen molar-refractivity contribution in [2.75, 3.05) is 6.54 Å². The number of aliphatic hydroxyl groups is 1. The van der Waals surface area contributed by atoms with Gasteiger partial charge >= 0.3 is 0 Å². The molecule has 6 nitrogen and oxygen atoms in total. The minimum absolute atomic E-state index is 0.0981. The summed E-state index contributed by atoms with van der Waals surface area (Å²) in [5.41, 5.74) is 0.287. The van der Waals surface area contributed by atoms with E-state index in [4.69, 9.17) is 11.6 Å². The van der Waals surface area contributed by atoms with Gasteiger partial charge in [0.15, 0.2) is 0 Å². The first kappa shape index (κ1) is 16.9. The molecule has 0 saturated carbocycles. The number of nitro groups is 1. The summed E-state index contributed by atoms with van der Waals surface area (Å²) >= 11 is 5.74. The molecule has 2 N–H and O–H groups in total. The number of nitrogens with one attached hydrogen (secondary N) is 1. The van der Waals surface area contributed by atoms with Crippen molar-refractivity contribution < 1.29 is 19.2 Å². The number of carbonyl (C=O) groups is 1. The van der Waals surface area contributed by atoms with E-state index in [1.165, 1.54) is 36.4 Å². The Labute approximate surface area is 135 Å². The van der Waals surface area contributed by atoms with Gasteiger partial charge in [-0.1, -0.05) is 23.7 Å². The van der Waals surface area contributed by atoms with Gasteiger partial charge in [-0.15, -0.1) is 0 Å². The maximum Gasteiger partial charge on any atom is 0.287 e. The fourth-order valence-corrected chi connectivity index (χ4v) is 2.14. The molecule has 120 valence electrons. The van der Waals surface area contributed by atoms with Crippen molar-refractivity contribution in [3.05, 3.63) is 74.5 Å². The lowest BCUT2D eigenvalue weighted by Gasteiger charge is -2.12. The van der Waals surface area contributed by atoms with Crippen molar-refractivity contribution in [3.8, 4) is 0 Å². The molecular weight excluding hydrogens is 327 g/mol. The lowest BCUT2D eigenvalue weighted by molar-refractivity contribution is -0.384. The van der Waals surface area contributed by atoms with Gasteiger partial charge in [-0.3, -0.25) is 14.9 Å². The van der Waals surface area contributed by atoms with Gasteiger partial charge in [-0.2, -0.15) is 0 Å². The zero-order chi connectivity index (χ0) is 17.0. The van der Waals surface area contributed by atoms with Crippen molar-refractivity contribution in [2.45, 2.75) is 6.10 Å². The predicted molar refractivity (Wildman–Crippen MR) is 81.8 cm³/mol. The smallest absolute Gasteiger partial charge is 0.287 e. The highest BCUT2D eigenvalue weighted by atomic mass is 35.5. The summed E-state index contributed by atoms with van der Waals surface area (Å²) < 4.78 is 12.8. The van der Waals surface area contributed by atoms with Gasteiger partial charge < -0.3 is 10.4 Å². The number of rotatable bonds is 5. The van der Waals surface area contributed by atoms with Crippen LogP contribution in [-0.4, -0.2) is 22.5 Å². The number of amides is 1. The highest BCUT2D eigenvalue weighted by Crippen LogP contribution is 2.25. The van der Waals surface area contributed by atoms with Crippen LogP contribution < -0.4 is 5.32 Å². The summed E-state index contributed by atoms with van der Waals surface area (Å²) in [4.78, 5) is 22.0. The number of aliphatic hydroxyl groups excluding tert-OH is 1.